The third-order valence-corrected chi connectivity index (χ3v) is 3.22. The van der Waals surface area contributed by atoms with E-state index >= 15 is 0 Å². The number of aliphatic hydroxyl groups is 1. The fraction of sp³-hybridized carbons (Fsp3) is 0.538. The number of ether oxygens (including phenoxy) is 1. The first-order valence-corrected chi connectivity index (χ1v) is 6.00. The van der Waals surface area contributed by atoms with Crippen LogP contribution >= 0.6 is 0 Å². The van der Waals surface area contributed by atoms with Gasteiger partial charge in [-0.15, -0.1) is 0 Å². The van der Waals surface area contributed by atoms with Crippen molar-refractivity contribution in [3.8, 4) is 6.07 Å². The summed E-state index contributed by atoms with van der Waals surface area (Å²) in [5.74, 6) is 0.758. The monoisotopic (exact) mass is 247 g/mol. The highest BCUT2D eigenvalue weighted by Gasteiger charge is 2.31. The van der Waals surface area contributed by atoms with Crippen molar-refractivity contribution >= 4 is 5.82 Å². The summed E-state index contributed by atoms with van der Waals surface area (Å²) in [5, 5.41) is 19.1. The average molecular weight is 247 g/mol. The summed E-state index contributed by atoms with van der Waals surface area (Å²) in [6.07, 6.45) is 2.83. The molecule has 18 heavy (non-hydrogen) atoms. The molecule has 5 nitrogen and oxygen atoms in total. The third kappa shape index (κ3) is 2.97. The molecule has 1 aromatic rings. The van der Waals surface area contributed by atoms with Gasteiger partial charge in [-0.3, -0.25) is 0 Å². The van der Waals surface area contributed by atoms with Crippen LogP contribution in [0.3, 0.4) is 0 Å². The molecule has 0 spiro atoms. The lowest BCUT2D eigenvalue weighted by molar-refractivity contribution is -0.0573. The molecule has 0 saturated carbocycles. The Morgan fingerprint density at radius 3 is 2.78 bits per heavy atom. The molecule has 0 aromatic carbocycles. The molecule has 1 aliphatic heterocycles. The zero-order valence-electron chi connectivity index (χ0n) is 10.5. The van der Waals surface area contributed by atoms with Gasteiger partial charge in [-0.25, -0.2) is 4.98 Å². The smallest absolute Gasteiger partial charge is 0.128 e. The number of hydrogen-bond donors (Lipinski definition) is 1. The molecule has 2 heterocycles. The maximum absolute atomic E-state index is 10.4. The van der Waals surface area contributed by atoms with Crippen molar-refractivity contribution in [1.29, 1.82) is 5.26 Å². The van der Waals surface area contributed by atoms with E-state index in [9.17, 15) is 5.11 Å². The molecule has 0 amide bonds. The Morgan fingerprint density at radius 2 is 2.22 bits per heavy atom. The quantitative estimate of drug-likeness (QED) is 0.860. The van der Waals surface area contributed by atoms with Gasteiger partial charge in [0.1, 0.15) is 11.9 Å². The Kier molecular flexibility index (Phi) is 3.80. The molecule has 5 heteroatoms. The first-order chi connectivity index (χ1) is 8.63. The molecule has 1 saturated heterocycles. The van der Waals surface area contributed by atoms with Crippen molar-refractivity contribution in [2.75, 3.05) is 31.7 Å². The first-order valence-electron chi connectivity index (χ1n) is 6.00. The zero-order chi connectivity index (χ0) is 13.0. The van der Waals surface area contributed by atoms with Crippen LogP contribution in [0.25, 0.3) is 0 Å². The van der Waals surface area contributed by atoms with Crippen LogP contribution in [0.4, 0.5) is 5.82 Å². The summed E-state index contributed by atoms with van der Waals surface area (Å²) >= 11 is 0. The molecule has 0 atom stereocenters. The van der Waals surface area contributed by atoms with E-state index in [1.54, 1.807) is 18.3 Å². The Morgan fingerprint density at radius 1 is 1.50 bits per heavy atom. The van der Waals surface area contributed by atoms with E-state index in [0.29, 0.717) is 38.2 Å². The zero-order valence-corrected chi connectivity index (χ0v) is 10.5. The summed E-state index contributed by atoms with van der Waals surface area (Å²) in [6, 6.07) is 5.56. The van der Waals surface area contributed by atoms with Gasteiger partial charge in [0.25, 0.3) is 0 Å². The summed E-state index contributed by atoms with van der Waals surface area (Å²) < 4.78 is 5.25. The predicted octanol–water partition coefficient (Wildman–Crippen LogP) is 0.931. The minimum atomic E-state index is -0.706. The molecular weight excluding hydrogens is 230 g/mol. The lowest BCUT2D eigenvalue weighted by Gasteiger charge is -2.35. The summed E-state index contributed by atoms with van der Waals surface area (Å²) in [5.41, 5.74) is -0.167. The Hall–Kier alpha value is -1.64. The van der Waals surface area contributed by atoms with Crippen molar-refractivity contribution in [2.45, 2.75) is 18.4 Å². The lowest BCUT2D eigenvalue weighted by atomic mass is 9.94. The minimum absolute atomic E-state index is 0.523. The van der Waals surface area contributed by atoms with Crippen LogP contribution in [0.1, 0.15) is 18.4 Å². The van der Waals surface area contributed by atoms with Gasteiger partial charge in [0, 0.05) is 45.8 Å². The first kappa shape index (κ1) is 12.8. The van der Waals surface area contributed by atoms with Gasteiger partial charge >= 0.3 is 0 Å². The van der Waals surface area contributed by atoms with Crippen LogP contribution in [0.2, 0.25) is 0 Å². The van der Waals surface area contributed by atoms with Crippen molar-refractivity contribution in [3.63, 3.8) is 0 Å². The standard InChI is InChI=1S/C13H17N3O2/c1-16(10-13(17)4-6-18-7-5-13)12-3-2-11(8-14)9-15-12/h2-3,9,17H,4-7,10H2,1H3. The second kappa shape index (κ2) is 5.34. The van der Waals surface area contributed by atoms with E-state index in [0.717, 1.165) is 5.82 Å². The Bertz CT molecular complexity index is 433. The molecule has 1 aliphatic rings. The van der Waals surface area contributed by atoms with Crippen molar-refractivity contribution in [2.24, 2.45) is 0 Å². The molecule has 1 fully saturated rings. The Labute approximate surface area is 107 Å². The number of hydrogen-bond acceptors (Lipinski definition) is 5. The van der Waals surface area contributed by atoms with Gasteiger partial charge in [-0.05, 0) is 12.1 Å². The largest absolute Gasteiger partial charge is 0.388 e. The topological polar surface area (TPSA) is 69.4 Å². The van der Waals surface area contributed by atoms with E-state index in [-0.39, 0.29) is 0 Å². The van der Waals surface area contributed by atoms with Gasteiger partial charge in [-0.2, -0.15) is 5.26 Å². The summed E-state index contributed by atoms with van der Waals surface area (Å²) in [7, 11) is 1.89. The molecule has 1 N–H and O–H groups in total. The Balaban J connectivity index is 2.02. The number of rotatable bonds is 3. The molecule has 0 bridgehead atoms. The van der Waals surface area contributed by atoms with E-state index in [2.05, 4.69) is 4.98 Å². The fourth-order valence-electron chi connectivity index (χ4n) is 2.11. The van der Waals surface area contributed by atoms with Crippen LogP contribution in [-0.4, -0.2) is 42.5 Å². The summed E-state index contributed by atoms with van der Waals surface area (Å²) in [6.45, 7) is 1.73. The molecule has 2 rings (SSSR count). The van der Waals surface area contributed by atoms with E-state index in [1.165, 1.54) is 0 Å². The molecule has 0 radical (unpaired) electrons. The third-order valence-electron chi connectivity index (χ3n) is 3.22. The number of anilines is 1. The molecule has 96 valence electrons. The number of pyridine rings is 1. The van der Waals surface area contributed by atoms with Crippen LogP contribution in [0, 0.1) is 11.3 Å². The average Bonchev–Trinajstić information content (AvgIpc) is 2.39. The van der Waals surface area contributed by atoms with Crippen molar-refractivity contribution in [1.82, 2.24) is 4.98 Å². The van der Waals surface area contributed by atoms with Crippen LogP contribution in [0.5, 0.6) is 0 Å². The molecule has 1 aromatic heterocycles. The SMILES string of the molecule is CN(CC1(O)CCOCC1)c1ccc(C#N)cn1. The number of nitriles is 1. The maximum Gasteiger partial charge on any atom is 0.128 e. The molecule has 0 unspecified atom stereocenters. The number of aromatic nitrogens is 1. The van der Waals surface area contributed by atoms with E-state index in [1.807, 2.05) is 18.0 Å². The molecular formula is C13H17N3O2. The van der Waals surface area contributed by atoms with Gasteiger partial charge in [0.2, 0.25) is 0 Å². The van der Waals surface area contributed by atoms with Crippen LogP contribution in [-0.2, 0) is 4.74 Å². The highest BCUT2D eigenvalue weighted by molar-refractivity contribution is 5.41. The number of nitrogens with zero attached hydrogens (tertiary/aromatic N) is 3. The number of likely N-dealkylation sites (N-methyl/N-ethyl adjacent to an activating group) is 1. The second-order valence-corrected chi connectivity index (χ2v) is 4.71. The minimum Gasteiger partial charge on any atom is -0.388 e. The summed E-state index contributed by atoms with van der Waals surface area (Å²) in [4.78, 5) is 6.12. The van der Waals surface area contributed by atoms with Gasteiger partial charge in [0.15, 0.2) is 0 Å². The lowest BCUT2D eigenvalue weighted by Crippen LogP contribution is -2.45. The van der Waals surface area contributed by atoms with Crippen LogP contribution < -0.4 is 4.90 Å². The van der Waals surface area contributed by atoms with Crippen LogP contribution in [0.15, 0.2) is 18.3 Å². The second-order valence-electron chi connectivity index (χ2n) is 4.71. The van der Waals surface area contributed by atoms with E-state index < -0.39 is 5.60 Å². The van der Waals surface area contributed by atoms with Crippen molar-refractivity contribution < 1.29 is 9.84 Å². The van der Waals surface area contributed by atoms with Crippen molar-refractivity contribution in [3.05, 3.63) is 23.9 Å². The van der Waals surface area contributed by atoms with Gasteiger partial charge < -0.3 is 14.7 Å². The normalized spacial score (nSPS) is 18.1. The predicted molar refractivity (Wildman–Crippen MR) is 67.2 cm³/mol. The van der Waals surface area contributed by atoms with Gasteiger partial charge in [-0.1, -0.05) is 0 Å². The molecule has 0 aliphatic carbocycles. The highest BCUT2D eigenvalue weighted by Crippen LogP contribution is 2.23. The highest BCUT2D eigenvalue weighted by atomic mass is 16.5. The van der Waals surface area contributed by atoms with E-state index in [4.69, 9.17) is 10.00 Å². The fourth-order valence-corrected chi connectivity index (χ4v) is 2.11. The maximum atomic E-state index is 10.4. The van der Waals surface area contributed by atoms with Gasteiger partial charge in [0.05, 0.1) is 11.2 Å².